The monoisotopic (exact) mass is 366 g/mol. The summed E-state index contributed by atoms with van der Waals surface area (Å²) in [5.74, 6) is -1.49. The van der Waals surface area contributed by atoms with E-state index < -0.39 is 11.8 Å². The van der Waals surface area contributed by atoms with Gasteiger partial charge in [-0.1, -0.05) is 33.6 Å². The Bertz CT molecular complexity index is 687. The number of carbonyl (C=O) groups is 2. The van der Waals surface area contributed by atoms with Crippen LogP contribution in [0.25, 0.3) is 0 Å². The summed E-state index contributed by atoms with van der Waals surface area (Å²) in [4.78, 5) is 23.7. The second-order valence-electron chi connectivity index (χ2n) is 4.33. The Labute approximate surface area is 135 Å². The minimum Gasteiger partial charge on any atom is -0.318 e. The number of halogens is 2. The summed E-state index contributed by atoms with van der Waals surface area (Å²) < 4.78 is 0.888. The SMILES string of the molecule is Cc1c(Cl)cccc1NC(=O)C(=O)Nc1ccc(Br)cc1. The standard InChI is InChI=1S/C15H12BrClN2O2/c1-9-12(17)3-2-4-13(9)19-15(21)14(20)18-11-7-5-10(16)6-8-11/h2-8H,1H3,(H,18,20)(H,19,21). The molecular weight excluding hydrogens is 356 g/mol. The topological polar surface area (TPSA) is 58.2 Å². The highest BCUT2D eigenvalue weighted by molar-refractivity contribution is 9.10. The molecule has 6 heteroatoms. The lowest BCUT2D eigenvalue weighted by Gasteiger charge is -2.09. The summed E-state index contributed by atoms with van der Waals surface area (Å²) in [6.07, 6.45) is 0. The van der Waals surface area contributed by atoms with Crippen molar-refractivity contribution in [2.75, 3.05) is 10.6 Å². The summed E-state index contributed by atoms with van der Waals surface area (Å²) in [7, 11) is 0. The molecule has 2 aromatic rings. The number of anilines is 2. The molecule has 2 rings (SSSR count). The molecule has 0 fully saturated rings. The second-order valence-corrected chi connectivity index (χ2v) is 5.65. The van der Waals surface area contributed by atoms with Crippen LogP contribution in [-0.4, -0.2) is 11.8 Å². The molecule has 2 amide bonds. The first-order valence-electron chi connectivity index (χ1n) is 6.10. The van der Waals surface area contributed by atoms with Gasteiger partial charge in [0.25, 0.3) is 0 Å². The highest BCUT2D eigenvalue weighted by atomic mass is 79.9. The number of benzene rings is 2. The van der Waals surface area contributed by atoms with Gasteiger partial charge in [-0.2, -0.15) is 0 Å². The highest BCUT2D eigenvalue weighted by Crippen LogP contribution is 2.23. The number of hydrogen-bond acceptors (Lipinski definition) is 2. The number of hydrogen-bond donors (Lipinski definition) is 2. The molecule has 0 heterocycles. The molecular formula is C15H12BrClN2O2. The summed E-state index contributed by atoms with van der Waals surface area (Å²) in [6.45, 7) is 1.77. The quantitative estimate of drug-likeness (QED) is 0.789. The van der Waals surface area contributed by atoms with Gasteiger partial charge in [0, 0.05) is 20.9 Å². The van der Waals surface area contributed by atoms with Crippen LogP contribution in [0.1, 0.15) is 5.56 Å². The molecule has 0 aliphatic carbocycles. The molecule has 0 atom stereocenters. The van der Waals surface area contributed by atoms with Crippen LogP contribution in [0.3, 0.4) is 0 Å². The van der Waals surface area contributed by atoms with Gasteiger partial charge in [-0.25, -0.2) is 0 Å². The molecule has 0 radical (unpaired) electrons. The fourth-order valence-electron chi connectivity index (χ4n) is 1.64. The first-order chi connectivity index (χ1) is 9.97. The predicted molar refractivity (Wildman–Crippen MR) is 87.6 cm³/mol. The zero-order valence-electron chi connectivity index (χ0n) is 11.1. The molecule has 0 aliphatic heterocycles. The van der Waals surface area contributed by atoms with Gasteiger partial charge in [0.2, 0.25) is 0 Å². The van der Waals surface area contributed by atoms with Crippen molar-refractivity contribution < 1.29 is 9.59 Å². The third kappa shape index (κ3) is 4.06. The lowest BCUT2D eigenvalue weighted by atomic mass is 10.2. The molecule has 0 bridgehead atoms. The van der Waals surface area contributed by atoms with E-state index >= 15 is 0 Å². The maximum Gasteiger partial charge on any atom is 0.314 e. The number of nitrogens with one attached hydrogen (secondary N) is 2. The van der Waals surface area contributed by atoms with Crippen LogP contribution < -0.4 is 10.6 Å². The van der Waals surface area contributed by atoms with Crippen molar-refractivity contribution in [1.82, 2.24) is 0 Å². The van der Waals surface area contributed by atoms with Crippen LogP contribution in [0.4, 0.5) is 11.4 Å². The van der Waals surface area contributed by atoms with Crippen LogP contribution in [-0.2, 0) is 9.59 Å². The molecule has 0 saturated carbocycles. The Morgan fingerprint density at radius 2 is 1.62 bits per heavy atom. The second kappa shape index (κ2) is 6.74. The van der Waals surface area contributed by atoms with Crippen molar-refractivity contribution >= 4 is 50.7 Å². The molecule has 108 valence electrons. The lowest BCUT2D eigenvalue weighted by molar-refractivity contribution is -0.133. The third-order valence-corrected chi connectivity index (χ3v) is 3.76. The molecule has 21 heavy (non-hydrogen) atoms. The van der Waals surface area contributed by atoms with Gasteiger partial charge in [-0.15, -0.1) is 0 Å². The third-order valence-electron chi connectivity index (χ3n) is 2.82. The van der Waals surface area contributed by atoms with E-state index in [2.05, 4.69) is 26.6 Å². The zero-order valence-corrected chi connectivity index (χ0v) is 13.5. The van der Waals surface area contributed by atoms with Crippen LogP contribution in [0, 0.1) is 6.92 Å². The molecule has 0 aromatic heterocycles. The fraction of sp³-hybridized carbons (Fsp3) is 0.0667. The van der Waals surface area contributed by atoms with E-state index in [1.165, 1.54) is 0 Å². The predicted octanol–water partition coefficient (Wildman–Crippen LogP) is 3.99. The highest BCUT2D eigenvalue weighted by Gasteiger charge is 2.15. The summed E-state index contributed by atoms with van der Waals surface area (Å²) in [5, 5.41) is 5.58. The van der Waals surface area contributed by atoms with E-state index in [4.69, 9.17) is 11.6 Å². The van der Waals surface area contributed by atoms with Crippen molar-refractivity contribution in [1.29, 1.82) is 0 Å². The lowest BCUT2D eigenvalue weighted by Crippen LogP contribution is -2.29. The molecule has 4 nitrogen and oxygen atoms in total. The van der Waals surface area contributed by atoms with Crippen LogP contribution in [0.2, 0.25) is 5.02 Å². The van der Waals surface area contributed by atoms with E-state index in [9.17, 15) is 9.59 Å². The Morgan fingerprint density at radius 1 is 1.00 bits per heavy atom. The maximum atomic E-state index is 11.9. The Balaban J connectivity index is 2.04. The Hall–Kier alpha value is -1.85. The fourth-order valence-corrected chi connectivity index (χ4v) is 2.08. The van der Waals surface area contributed by atoms with Crippen LogP contribution in [0.15, 0.2) is 46.9 Å². The van der Waals surface area contributed by atoms with Crippen molar-refractivity contribution in [3.05, 3.63) is 57.5 Å². The summed E-state index contributed by atoms with van der Waals surface area (Å²) in [5.41, 5.74) is 1.77. The van der Waals surface area contributed by atoms with E-state index in [0.29, 0.717) is 22.0 Å². The number of rotatable bonds is 2. The molecule has 0 aliphatic rings. The molecule has 0 saturated heterocycles. The van der Waals surface area contributed by atoms with Crippen LogP contribution in [0.5, 0.6) is 0 Å². The first-order valence-corrected chi connectivity index (χ1v) is 7.27. The van der Waals surface area contributed by atoms with Gasteiger partial charge in [-0.05, 0) is 48.9 Å². The average Bonchev–Trinajstić information content (AvgIpc) is 2.46. The smallest absolute Gasteiger partial charge is 0.314 e. The normalized spacial score (nSPS) is 10.0. The molecule has 2 N–H and O–H groups in total. The molecule has 0 spiro atoms. The Kier molecular flexibility index (Phi) is 4.98. The van der Waals surface area contributed by atoms with Gasteiger partial charge in [0.15, 0.2) is 0 Å². The van der Waals surface area contributed by atoms with E-state index in [0.717, 1.165) is 4.47 Å². The van der Waals surface area contributed by atoms with Gasteiger partial charge in [0.05, 0.1) is 0 Å². The van der Waals surface area contributed by atoms with Gasteiger partial charge in [-0.3, -0.25) is 9.59 Å². The Morgan fingerprint density at radius 3 is 2.29 bits per heavy atom. The summed E-state index contributed by atoms with van der Waals surface area (Å²) >= 11 is 9.26. The maximum absolute atomic E-state index is 11.9. The van der Waals surface area contributed by atoms with E-state index in [1.54, 1.807) is 49.4 Å². The van der Waals surface area contributed by atoms with E-state index in [1.807, 2.05) is 0 Å². The van der Waals surface area contributed by atoms with Crippen LogP contribution >= 0.6 is 27.5 Å². The average molecular weight is 368 g/mol. The van der Waals surface area contributed by atoms with Crippen molar-refractivity contribution in [2.24, 2.45) is 0 Å². The number of carbonyl (C=O) groups excluding carboxylic acids is 2. The molecule has 0 unspecified atom stereocenters. The first kappa shape index (κ1) is 15.5. The van der Waals surface area contributed by atoms with Gasteiger partial charge >= 0.3 is 11.8 Å². The van der Waals surface area contributed by atoms with Gasteiger partial charge < -0.3 is 10.6 Å². The molecule has 2 aromatic carbocycles. The van der Waals surface area contributed by atoms with Crippen molar-refractivity contribution in [3.8, 4) is 0 Å². The van der Waals surface area contributed by atoms with Crippen molar-refractivity contribution in [2.45, 2.75) is 6.92 Å². The minimum absolute atomic E-state index is 0.512. The number of amides is 2. The summed E-state index contributed by atoms with van der Waals surface area (Å²) in [6, 6.07) is 12.0. The van der Waals surface area contributed by atoms with E-state index in [-0.39, 0.29) is 0 Å². The zero-order chi connectivity index (χ0) is 15.4. The van der Waals surface area contributed by atoms with Crippen molar-refractivity contribution in [3.63, 3.8) is 0 Å². The largest absolute Gasteiger partial charge is 0.318 e. The van der Waals surface area contributed by atoms with Gasteiger partial charge in [0.1, 0.15) is 0 Å². The minimum atomic E-state index is -0.747.